The van der Waals surface area contributed by atoms with E-state index in [1.807, 2.05) is 12.1 Å². The second-order valence-corrected chi connectivity index (χ2v) is 9.79. The summed E-state index contributed by atoms with van der Waals surface area (Å²) in [4.78, 5) is 0.208. The van der Waals surface area contributed by atoms with E-state index in [4.69, 9.17) is 16.3 Å². The highest BCUT2D eigenvalue weighted by Gasteiger charge is 2.27. The van der Waals surface area contributed by atoms with Gasteiger partial charge >= 0.3 is 0 Å². The van der Waals surface area contributed by atoms with Crippen molar-refractivity contribution in [3.05, 3.63) is 57.5 Å². The molecule has 7 heteroatoms. The molecule has 0 bridgehead atoms. The summed E-state index contributed by atoms with van der Waals surface area (Å²) in [6.07, 6.45) is 0. The van der Waals surface area contributed by atoms with Gasteiger partial charge in [-0.3, -0.25) is 0 Å². The average Bonchev–Trinajstić information content (AvgIpc) is 2.52. The van der Waals surface area contributed by atoms with Crippen LogP contribution in [0.2, 0.25) is 5.02 Å². The van der Waals surface area contributed by atoms with Crippen LogP contribution in [0.15, 0.2) is 51.8 Å². The molecule has 0 aliphatic carbocycles. The lowest BCUT2D eigenvalue weighted by Gasteiger charge is -2.25. The normalized spacial score (nSPS) is 12.2. The summed E-state index contributed by atoms with van der Waals surface area (Å²) in [7, 11) is -2.33. The lowest BCUT2D eigenvalue weighted by atomic mass is 9.87. The van der Waals surface area contributed by atoms with E-state index in [1.54, 1.807) is 30.3 Å². The van der Waals surface area contributed by atoms with Crippen LogP contribution in [-0.4, -0.2) is 22.3 Å². The lowest BCUT2D eigenvalue weighted by Crippen LogP contribution is -2.33. The van der Waals surface area contributed by atoms with Crippen molar-refractivity contribution in [3.63, 3.8) is 0 Å². The molecule has 25 heavy (non-hydrogen) atoms. The molecule has 2 aromatic rings. The van der Waals surface area contributed by atoms with Crippen LogP contribution in [0.4, 0.5) is 5.69 Å². The molecule has 0 aliphatic heterocycles. The minimum Gasteiger partial charge on any atom is -0.363 e. The first-order valence-electron chi connectivity index (χ1n) is 7.64. The van der Waals surface area contributed by atoms with E-state index in [-0.39, 0.29) is 17.0 Å². The van der Waals surface area contributed by atoms with Gasteiger partial charge in [-0.05, 0) is 57.2 Å². The number of hydrogen-bond donors (Lipinski definition) is 0. The summed E-state index contributed by atoms with van der Waals surface area (Å²) in [6, 6.07) is 11.9. The quantitative estimate of drug-likeness (QED) is 0.593. The second-order valence-electron chi connectivity index (χ2n) is 6.64. The Morgan fingerprint density at radius 1 is 1.12 bits per heavy atom. The number of rotatable bonds is 5. The van der Waals surface area contributed by atoms with E-state index < -0.39 is 10.0 Å². The summed E-state index contributed by atoms with van der Waals surface area (Å²) in [5.74, 6) is 0. The average molecular weight is 447 g/mol. The summed E-state index contributed by atoms with van der Waals surface area (Å²) in [5, 5.41) is 0.514. The zero-order valence-corrected chi connectivity index (χ0v) is 17.7. The Bertz CT molecular complexity index is 846. The van der Waals surface area contributed by atoms with E-state index in [0.717, 1.165) is 5.56 Å². The van der Waals surface area contributed by atoms with Gasteiger partial charge in [0.1, 0.15) is 6.73 Å². The first-order valence-corrected chi connectivity index (χ1v) is 10.3. The SMILES string of the molecule is COCN(c1ccc(Cl)cc1Br)S(=O)(=O)c1ccc(C(C)(C)C)cc1. The molecular weight excluding hydrogens is 426 g/mol. The fourth-order valence-electron chi connectivity index (χ4n) is 2.32. The second kappa shape index (κ2) is 7.66. The van der Waals surface area contributed by atoms with E-state index in [2.05, 4.69) is 36.7 Å². The first-order chi connectivity index (χ1) is 11.6. The fourth-order valence-corrected chi connectivity index (χ4v) is 4.73. The minimum absolute atomic E-state index is 0.0479. The highest BCUT2D eigenvalue weighted by atomic mass is 79.9. The summed E-state index contributed by atoms with van der Waals surface area (Å²) >= 11 is 9.34. The number of methoxy groups -OCH3 is 1. The molecule has 0 aromatic heterocycles. The van der Waals surface area contributed by atoms with Crippen LogP contribution < -0.4 is 4.31 Å². The molecule has 0 radical (unpaired) electrons. The topological polar surface area (TPSA) is 46.6 Å². The Balaban J connectivity index is 2.49. The molecule has 136 valence electrons. The minimum atomic E-state index is -3.78. The first kappa shape index (κ1) is 20.2. The third-order valence-electron chi connectivity index (χ3n) is 3.73. The molecule has 0 amide bonds. The maximum atomic E-state index is 13.1. The summed E-state index contributed by atoms with van der Waals surface area (Å²) in [5.41, 5.74) is 1.48. The van der Waals surface area contributed by atoms with Crippen molar-refractivity contribution in [1.82, 2.24) is 0 Å². The standard InChI is InChI=1S/C18H21BrClNO3S/c1-18(2,3)13-5-8-15(9-6-13)25(22,23)21(12-24-4)17-10-7-14(20)11-16(17)19/h5-11H,12H2,1-4H3. The van der Waals surface area contributed by atoms with Crippen LogP contribution in [0, 0.1) is 0 Å². The van der Waals surface area contributed by atoms with Crippen LogP contribution in [-0.2, 0) is 20.2 Å². The molecule has 0 heterocycles. The number of sulfonamides is 1. The van der Waals surface area contributed by atoms with Gasteiger partial charge in [-0.2, -0.15) is 0 Å². The van der Waals surface area contributed by atoms with Gasteiger partial charge in [-0.15, -0.1) is 0 Å². The van der Waals surface area contributed by atoms with Crippen LogP contribution >= 0.6 is 27.5 Å². The van der Waals surface area contributed by atoms with Crippen molar-refractivity contribution in [3.8, 4) is 0 Å². The third-order valence-corrected chi connectivity index (χ3v) is 6.35. The van der Waals surface area contributed by atoms with E-state index >= 15 is 0 Å². The maximum Gasteiger partial charge on any atom is 0.266 e. The molecule has 0 saturated carbocycles. The predicted molar refractivity (Wildman–Crippen MR) is 106 cm³/mol. The van der Waals surface area contributed by atoms with Crippen LogP contribution in [0.5, 0.6) is 0 Å². The van der Waals surface area contributed by atoms with E-state index in [9.17, 15) is 8.42 Å². The molecule has 4 nitrogen and oxygen atoms in total. The van der Waals surface area contributed by atoms with Crippen molar-refractivity contribution in [2.24, 2.45) is 0 Å². The monoisotopic (exact) mass is 445 g/mol. The highest BCUT2D eigenvalue weighted by Crippen LogP contribution is 2.33. The molecule has 2 rings (SSSR count). The zero-order chi connectivity index (χ0) is 18.8. The van der Waals surface area contributed by atoms with E-state index in [1.165, 1.54) is 11.4 Å². The largest absolute Gasteiger partial charge is 0.363 e. The van der Waals surface area contributed by atoms with Crippen molar-refractivity contribution < 1.29 is 13.2 Å². The van der Waals surface area contributed by atoms with Gasteiger partial charge in [0.25, 0.3) is 10.0 Å². The van der Waals surface area contributed by atoms with E-state index in [0.29, 0.717) is 15.2 Å². The molecular formula is C18H21BrClNO3S. The number of ether oxygens (including phenoxy) is 1. The number of hydrogen-bond acceptors (Lipinski definition) is 3. The predicted octanol–water partition coefficient (Wildman–Crippen LogP) is 5.20. The molecule has 0 N–H and O–H groups in total. The molecule has 0 unspecified atom stereocenters. The van der Waals surface area contributed by atoms with Crippen molar-refractivity contribution in [1.29, 1.82) is 0 Å². The van der Waals surface area contributed by atoms with Crippen LogP contribution in [0.25, 0.3) is 0 Å². The van der Waals surface area contributed by atoms with Gasteiger partial charge in [0.2, 0.25) is 0 Å². The number of nitrogens with zero attached hydrogens (tertiary/aromatic N) is 1. The zero-order valence-electron chi connectivity index (χ0n) is 14.6. The molecule has 0 spiro atoms. The van der Waals surface area contributed by atoms with Gasteiger partial charge in [0.15, 0.2) is 0 Å². The van der Waals surface area contributed by atoms with Gasteiger partial charge in [0.05, 0.1) is 10.6 Å². The Kier molecular flexibility index (Phi) is 6.20. The Hall–Kier alpha value is -1.08. The lowest BCUT2D eigenvalue weighted by molar-refractivity contribution is 0.209. The summed E-state index contributed by atoms with van der Waals surface area (Å²) in [6.45, 7) is 6.14. The van der Waals surface area contributed by atoms with Crippen LogP contribution in [0.1, 0.15) is 26.3 Å². The molecule has 0 fully saturated rings. The molecule has 2 aromatic carbocycles. The van der Waals surface area contributed by atoms with Crippen molar-refractivity contribution in [2.45, 2.75) is 31.1 Å². The Morgan fingerprint density at radius 2 is 1.72 bits per heavy atom. The maximum absolute atomic E-state index is 13.1. The fraction of sp³-hybridized carbons (Fsp3) is 0.333. The van der Waals surface area contributed by atoms with Gasteiger partial charge in [-0.25, -0.2) is 12.7 Å². The Morgan fingerprint density at radius 3 is 2.20 bits per heavy atom. The van der Waals surface area contributed by atoms with Gasteiger partial charge < -0.3 is 4.74 Å². The molecule has 0 atom stereocenters. The van der Waals surface area contributed by atoms with Crippen LogP contribution in [0.3, 0.4) is 0 Å². The number of benzene rings is 2. The molecule has 0 saturated heterocycles. The van der Waals surface area contributed by atoms with Crippen molar-refractivity contribution >= 4 is 43.2 Å². The number of anilines is 1. The van der Waals surface area contributed by atoms with Gasteiger partial charge in [-0.1, -0.05) is 44.5 Å². The molecule has 0 aliphatic rings. The number of halogens is 2. The third kappa shape index (κ3) is 4.56. The smallest absolute Gasteiger partial charge is 0.266 e. The summed E-state index contributed by atoms with van der Waals surface area (Å²) < 4.78 is 33.1. The van der Waals surface area contributed by atoms with Gasteiger partial charge in [0, 0.05) is 16.6 Å². The Labute approximate surface area is 162 Å². The van der Waals surface area contributed by atoms with Crippen molar-refractivity contribution in [2.75, 3.05) is 18.1 Å². The highest BCUT2D eigenvalue weighted by molar-refractivity contribution is 9.10.